The number of rotatable bonds is 5. The summed E-state index contributed by atoms with van der Waals surface area (Å²) < 4.78 is 45.2. The second-order valence-electron chi connectivity index (χ2n) is 9.83. The van der Waals surface area contributed by atoms with Gasteiger partial charge in [0.25, 0.3) is 0 Å². The maximum absolute atomic E-state index is 13.0. The van der Waals surface area contributed by atoms with E-state index < -0.39 is 17.7 Å². The van der Waals surface area contributed by atoms with Crippen molar-refractivity contribution in [1.29, 1.82) is 0 Å². The number of aliphatic carboxylic acids is 1. The highest BCUT2D eigenvalue weighted by molar-refractivity contribution is 5.80. The Bertz CT molecular complexity index is 1240. The maximum atomic E-state index is 13.0. The predicted octanol–water partition coefficient (Wildman–Crippen LogP) is 4.74. The lowest BCUT2D eigenvalue weighted by Crippen LogP contribution is -2.38. The van der Waals surface area contributed by atoms with Crippen molar-refractivity contribution in [3.05, 3.63) is 42.1 Å². The van der Waals surface area contributed by atoms with E-state index in [0.717, 1.165) is 56.7 Å². The number of H-pyrrole nitrogens is 1. The molecule has 0 amide bonds. The summed E-state index contributed by atoms with van der Waals surface area (Å²) in [5.74, 6) is 1.11. The van der Waals surface area contributed by atoms with Crippen LogP contribution in [0, 0.1) is 17.8 Å². The number of anilines is 1. The molecule has 2 aliphatic carbocycles. The first-order valence-electron chi connectivity index (χ1n) is 11.9. The zero-order valence-electron chi connectivity index (χ0n) is 18.8. The Morgan fingerprint density at radius 3 is 2.46 bits per heavy atom. The third-order valence-electron chi connectivity index (χ3n) is 7.67. The Labute approximate surface area is 199 Å². The van der Waals surface area contributed by atoms with Crippen LogP contribution in [0.2, 0.25) is 0 Å². The number of ether oxygens (including phenoxy) is 1. The molecule has 35 heavy (non-hydrogen) atoms. The van der Waals surface area contributed by atoms with Gasteiger partial charge in [-0.15, -0.1) is 0 Å². The van der Waals surface area contributed by atoms with Crippen molar-refractivity contribution in [2.24, 2.45) is 17.8 Å². The molecule has 2 N–H and O–H groups in total. The molecule has 7 nitrogen and oxygen atoms in total. The van der Waals surface area contributed by atoms with Crippen molar-refractivity contribution in [3.8, 4) is 11.4 Å². The number of alkyl halides is 3. The number of fused-ring (bicyclic) bond motifs is 2. The quantitative estimate of drug-likeness (QED) is 0.542. The van der Waals surface area contributed by atoms with Crippen molar-refractivity contribution in [2.45, 2.75) is 44.1 Å². The van der Waals surface area contributed by atoms with E-state index in [9.17, 15) is 18.0 Å². The van der Waals surface area contributed by atoms with E-state index in [1.165, 1.54) is 6.07 Å². The Morgan fingerprint density at radius 2 is 1.83 bits per heavy atom. The number of imidazole rings is 1. The lowest BCUT2D eigenvalue weighted by atomic mass is 10.1. The summed E-state index contributed by atoms with van der Waals surface area (Å²) in [7, 11) is 0. The van der Waals surface area contributed by atoms with Crippen LogP contribution in [0.25, 0.3) is 22.4 Å². The fourth-order valence-corrected chi connectivity index (χ4v) is 5.79. The largest absolute Gasteiger partial charge is 0.481 e. The number of benzene rings is 1. The van der Waals surface area contributed by atoms with Gasteiger partial charge in [0.2, 0.25) is 0 Å². The van der Waals surface area contributed by atoms with Gasteiger partial charge in [-0.25, -0.2) is 9.97 Å². The molecule has 0 bridgehead atoms. The van der Waals surface area contributed by atoms with E-state index in [1.54, 1.807) is 6.20 Å². The molecule has 0 spiro atoms. The molecule has 0 radical (unpaired) electrons. The highest BCUT2D eigenvalue weighted by Crippen LogP contribution is 2.58. The molecule has 6 rings (SSSR count). The van der Waals surface area contributed by atoms with E-state index in [0.29, 0.717) is 28.7 Å². The van der Waals surface area contributed by atoms with Crippen LogP contribution in [-0.4, -0.2) is 51.3 Å². The summed E-state index contributed by atoms with van der Waals surface area (Å²) in [6.07, 6.45) is 1.17. The van der Waals surface area contributed by atoms with Gasteiger partial charge < -0.3 is 19.7 Å². The van der Waals surface area contributed by atoms with Gasteiger partial charge >= 0.3 is 12.1 Å². The van der Waals surface area contributed by atoms with Crippen molar-refractivity contribution in [2.75, 3.05) is 18.0 Å². The van der Waals surface area contributed by atoms with Gasteiger partial charge in [0.15, 0.2) is 0 Å². The number of carboxylic acids is 1. The highest BCUT2D eigenvalue weighted by Gasteiger charge is 2.60. The lowest BCUT2D eigenvalue weighted by Gasteiger charge is -2.34. The van der Waals surface area contributed by atoms with Crippen molar-refractivity contribution >= 4 is 22.8 Å². The van der Waals surface area contributed by atoms with E-state index in [1.807, 2.05) is 12.1 Å². The smallest absolute Gasteiger partial charge is 0.416 e. The monoisotopic (exact) mass is 486 g/mol. The zero-order chi connectivity index (χ0) is 24.3. The lowest BCUT2D eigenvalue weighted by molar-refractivity contribution is -0.140. The number of nitrogens with one attached hydrogen (secondary N) is 1. The standard InChI is InChI=1S/C25H25F3N4O3/c26-25(27,28)14-2-3-19-20(9-14)31-23(30-19)13-1-4-21(29-12-13)32-7-5-15(6-8-32)35-16-10-17-18(11-16)22(17)24(33)34/h1-4,9,12,15-18,22H,5-8,10-11H2,(H,30,31)(H,33,34)/t16-,17+,18-,22+. The van der Waals surface area contributed by atoms with Gasteiger partial charge in [-0.1, -0.05) is 0 Å². The average molecular weight is 486 g/mol. The van der Waals surface area contributed by atoms with Gasteiger partial charge in [-0.3, -0.25) is 4.79 Å². The molecule has 0 unspecified atom stereocenters. The Kier molecular flexibility index (Phi) is 5.24. The Morgan fingerprint density at radius 1 is 1.09 bits per heavy atom. The van der Waals surface area contributed by atoms with Crippen molar-refractivity contribution in [3.63, 3.8) is 0 Å². The summed E-state index contributed by atoms with van der Waals surface area (Å²) in [6, 6.07) is 7.25. The number of aromatic nitrogens is 3. The van der Waals surface area contributed by atoms with Crippen molar-refractivity contribution < 1.29 is 27.8 Å². The van der Waals surface area contributed by atoms with Crippen LogP contribution in [0.5, 0.6) is 0 Å². The van der Waals surface area contributed by atoms with Gasteiger partial charge in [0, 0.05) is 24.8 Å². The average Bonchev–Trinajstić information content (AvgIpc) is 3.15. The molecule has 1 saturated heterocycles. The molecule has 3 fully saturated rings. The summed E-state index contributed by atoms with van der Waals surface area (Å²) in [5.41, 5.74) is 0.783. The summed E-state index contributed by atoms with van der Waals surface area (Å²) in [6.45, 7) is 1.64. The second-order valence-corrected chi connectivity index (χ2v) is 9.83. The van der Waals surface area contributed by atoms with Gasteiger partial charge in [0.1, 0.15) is 11.6 Å². The first-order valence-corrected chi connectivity index (χ1v) is 11.9. The number of piperidine rings is 1. The first kappa shape index (κ1) is 22.3. The van der Waals surface area contributed by atoms with Gasteiger partial charge in [-0.05, 0) is 67.9 Å². The first-order chi connectivity index (χ1) is 16.8. The minimum Gasteiger partial charge on any atom is -0.481 e. The molecule has 4 atom stereocenters. The number of carbonyl (C=O) groups is 1. The molecule has 2 saturated carbocycles. The molecule has 184 valence electrons. The van der Waals surface area contributed by atoms with E-state index in [4.69, 9.17) is 9.84 Å². The molecule has 10 heteroatoms. The molecule has 1 aliphatic heterocycles. The SMILES string of the molecule is O=C(O)[C@@H]1[C@@H]2C[C@H](OC3CCN(c4ccc(-c5nc6cc(C(F)(F)F)ccc6[nH]5)cn4)CC3)C[C@@H]21. The zero-order valence-corrected chi connectivity index (χ0v) is 18.8. The van der Waals surface area contributed by atoms with Crippen LogP contribution in [0.4, 0.5) is 19.0 Å². The van der Waals surface area contributed by atoms with Crippen LogP contribution < -0.4 is 4.90 Å². The number of pyridine rings is 1. The Balaban J connectivity index is 1.05. The maximum Gasteiger partial charge on any atom is 0.416 e. The second kappa shape index (κ2) is 8.22. The predicted molar refractivity (Wildman–Crippen MR) is 122 cm³/mol. The molecule has 1 aromatic carbocycles. The fourth-order valence-electron chi connectivity index (χ4n) is 5.79. The normalized spacial score (nSPS) is 26.8. The third-order valence-corrected chi connectivity index (χ3v) is 7.67. The molecule has 3 aliphatic rings. The topological polar surface area (TPSA) is 91.3 Å². The fraction of sp³-hybridized carbons (Fsp3) is 0.480. The number of halogens is 3. The minimum atomic E-state index is -4.41. The molecule has 3 heterocycles. The number of hydrogen-bond donors (Lipinski definition) is 2. The molecule has 3 aromatic rings. The van der Waals surface area contributed by atoms with E-state index >= 15 is 0 Å². The van der Waals surface area contributed by atoms with E-state index in [-0.39, 0.29) is 23.6 Å². The van der Waals surface area contributed by atoms with Crippen LogP contribution >= 0.6 is 0 Å². The van der Waals surface area contributed by atoms with Crippen LogP contribution in [0.1, 0.15) is 31.2 Å². The summed E-state index contributed by atoms with van der Waals surface area (Å²) in [5, 5.41) is 9.16. The van der Waals surface area contributed by atoms with Crippen LogP contribution in [0.15, 0.2) is 36.5 Å². The summed E-state index contributed by atoms with van der Waals surface area (Å²) >= 11 is 0. The summed E-state index contributed by atoms with van der Waals surface area (Å²) in [4.78, 5) is 25.3. The number of aromatic amines is 1. The Hall–Kier alpha value is -3.14. The van der Waals surface area contributed by atoms with E-state index in [2.05, 4.69) is 19.9 Å². The van der Waals surface area contributed by atoms with Gasteiger partial charge in [0.05, 0.1) is 34.7 Å². The number of carboxylic acid groups (broad SMARTS) is 1. The van der Waals surface area contributed by atoms with Crippen LogP contribution in [-0.2, 0) is 15.7 Å². The molecule has 2 aromatic heterocycles. The third kappa shape index (κ3) is 4.24. The van der Waals surface area contributed by atoms with Gasteiger partial charge in [-0.2, -0.15) is 13.2 Å². The minimum absolute atomic E-state index is 0.150. The number of hydrogen-bond acceptors (Lipinski definition) is 5. The number of nitrogens with zero attached hydrogens (tertiary/aromatic N) is 3. The highest BCUT2D eigenvalue weighted by atomic mass is 19.4. The van der Waals surface area contributed by atoms with Crippen molar-refractivity contribution in [1.82, 2.24) is 15.0 Å². The molecular formula is C25H25F3N4O3. The van der Waals surface area contributed by atoms with Crippen LogP contribution in [0.3, 0.4) is 0 Å². The molecular weight excluding hydrogens is 461 g/mol.